The van der Waals surface area contributed by atoms with Gasteiger partial charge < -0.3 is 0 Å². The lowest BCUT2D eigenvalue weighted by Gasteiger charge is -2.19. The van der Waals surface area contributed by atoms with Gasteiger partial charge in [0.1, 0.15) is 0 Å². The molecule has 5 heteroatoms. The lowest BCUT2D eigenvalue weighted by Crippen LogP contribution is -2.27. The van der Waals surface area contributed by atoms with Gasteiger partial charge in [-0.15, -0.1) is 0 Å². The molecule has 1 heterocycles. The molecule has 1 aromatic rings. The number of likely N-dealkylation sites (tertiary alicyclic amines) is 1. The third kappa shape index (κ3) is 2.82. The molecule has 1 fully saturated rings. The Morgan fingerprint density at radius 2 is 2.17 bits per heavy atom. The quantitative estimate of drug-likeness (QED) is 0.810. The minimum atomic E-state index is -4.31. The van der Waals surface area contributed by atoms with E-state index in [1.165, 1.54) is 6.07 Å². The van der Waals surface area contributed by atoms with Crippen LogP contribution in [0.25, 0.3) is 0 Å². The first-order valence-corrected chi connectivity index (χ1v) is 5.80. The third-order valence-electron chi connectivity index (χ3n) is 3.15. The Bertz CT molecular complexity index is 462. The molecule has 96 valence electrons. The van der Waals surface area contributed by atoms with E-state index in [-0.39, 0.29) is 6.04 Å². The molecule has 2 nitrogen and oxygen atoms in total. The van der Waals surface area contributed by atoms with Crippen molar-refractivity contribution in [2.45, 2.75) is 31.6 Å². The number of nitriles is 1. The molecule has 0 spiro atoms. The average Bonchev–Trinajstić information content (AvgIpc) is 2.75. The van der Waals surface area contributed by atoms with E-state index in [4.69, 9.17) is 5.26 Å². The van der Waals surface area contributed by atoms with Crippen molar-refractivity contribution in [1.82, 2.24) is 4.90 Å². The third-order valence-corrected chi connectivity index (χ3v) is 3.15. The Kier molecular flexibility index (Phi) is 3.58. The Labute approximate surface area is 104 Å². The van der Waals surface area contributed by atoms with E-state index in [1.807, 2.05) is 4.90 Å². The van der Waals surface area contributed by atoms with Gasteiger partial charge in [-0.3, -0.25) is 4.90 Å². The Morgan fingerprint density at radius 3 is 2.83 bits per heavy atom. The molecule has 1 saturated heterocycles. The maximum Gasteiger partial charge on any atom is 0.416 e. The molecule has 1 unspecified atom stereocenters. The normalized spacial score (nSPS) is 20.9. The maximum atomic E-state index is 12.6. The molecule has 0 radical (unpaired) electrons. The topological polar surface area (TPSA) is 27.0 Å². The molecule has 1 aromatic carbocycles. The van der Waals surface area contributed by atoms with Gasteiger partial charge in [0.15, 0.2) is 0 Å². The summed E-state index contributed by atoms with van der Waals surface area (Å²) in [5.41, 5.74) is -0.0281. The summed E-state index contributed by atoms with van der Waals surface area (Å²) in [7, 11) is 0. The molecule has 0 amide bonds. The first-order chi connectivity index (χ1) is 8.50. The standard InChI is InChI=1S/C13H13F3N2/c14-13(15,16)11-4-1-3-10(7-11)9-18-6-2-5-12(18)8-17/h1,3-4,7,12H,2,5-6,9H2. The molecule has 18 heavy (non-hydrogen) atoms. The van der Waals surface area contributed by atoms with E-state index < -0.39 is 11.7 Å². The van der Waals surface area contributed by atoms with Crippen LogP contribution in [-0.2, 0) is 12.7 Å². The Hall–Kier alpha value is -1.54. The van der Waals surface area contributed by atoms with E-state index in [0.29, 0.717) is 12.1 Å². The summed E-state index contributed by atoms with van der Waals surface area (Å²) in [5.74, 6) is 0. The van der Waals surface area contributed by atoms with Gasteiger partial charge >= 0.3 is 6.18 Å². The summed E-state index contributed by atoms with van der Waals surface area (Å²) in [5, 5.41) is 8.93. The van der Waals surface area contributed by atoms with Crippen molar-refractivity contribution in [2.75, 3.05) is 6.54 Å². The fourth-order valence-electron chi connectivity index (χ4n) is 2.24. The van der Waals surface area contributed by atoms with Gasteiger partial charge in [-0.1, -0.05) is 18.2 Å². The lowest BCUT2D eigenvalue weighted by atomic mass is 10.1. The van der Waals surface area contributed by atoms with Crippen LogP contribution >= 0.6 is 0 Å². The zero-order valence-electron chi connectivity index (χ0n) is 9.74. The van der Waals surface area contributed by atoms with Crippen LogP contribution in [0.2, 0.25) is 0 Å². The second-order valence-electron chi connectivity index (χ2n) is 4.46. The highest BCUT2D eigenvalue weighted by Crippen LogP contribution is 2.30. The lowest BCUT2D eigenvalue weighted by molar-refractivity contribution is -0.137. The predicted molar refractivity (Wildman–Crippen MR) is 60.5 cm³/mol. The Morgan fingerprint density at radius 1 is 1.39 bits per heavy atom. The SMILES string of the molecule is N#CC1CCCN1Cc1cccc(C(F)(F)F)c1. The molecule has 0 bridgehead atoms. The summed E-state index contributed by atoms with van der Waals surface area (Å²) in [6.07, 6.45) is -2.58. The van der Waals surface area contributed by atoms with Crippen molar-refractivity contribution in [3.63, 3.8) is 0 Å². The van der Waals surface area contributed by atoms with Gasteiger partial charge in [0.2, 0.25) is 0 Å². The summed E-state index contributed by atoms with van der Waals surface area (Å²) < 4.78 is 37.7. The molecular weight excluding hydrogens is 241 g/mol. The van der Waals surface area contributed by atoms with Crippen LogP contribution < -0.4 is 0 Å². The van der Waals surface area contributed by atoms with Gasteiger partial charge in [0.25, 0.3) is 0 Å². The highest BCUT2D eigenvalue weighted by Gasteiger charge is 2.31. The number of hydrogen-bond donors (Lipinski definition) is 0. The Balaban J connectivity index is 2.13. The van der Waals surface area contributed by atoms with Crippen LogP contribution in [0.3, 0.4) is 0 Å². The monoisotopic (exact) mass is 254 g/mol. The first kappa shape index (κ1) is 12.9. The largest absolute Gasteiger partial charge is 0.416 e. The van der Waals surface area contributed by atoms with Crippen molar-refractivity contribution in [2.24, 2.45) is 0 Å². The zero-order valence-corrected chi connectivity index (χ0v) is 9.74. The maximum absolute atomic E-state index is 12.6. The van der Waals surface area contributed by atoms with Crippen molar-refractivity contribution in [1.29, 1.82) is 5.26 Å². The van der Waals surface area contributed by atoms with Gasteiger partial charge in [-0.25, -0.2) is 0 Å². The van der Waals surface area contributed by atoms with E-state index >= 15 is 0 Å². The van der Waals surface area contributed by atoms with Crippen molar-refractivity contribution in [3.8, 4) is 6.07 Å². The van der Waals surface area contributed by atoms with Gasteiger partial charge in [0.05, 0.1) is 17.7 Å². The highest BCUT2D eigenvalue weighted by atomic mass is 19.4. The highest BCUT2D eigenvalue weighted by molar-refractivity contribution is 5.26. The van der Waals surface area contributed by atoms with Crippen LogP contribution in [0, 0.1) is 11.3 Å². The van der Waals surface area contributed by atoms with E-state index in [9.17, 15) is 13.2 Å². The molecular formula is C13H13F3N2. The molecule has 0 aliphatic carbocycles. The number of alkyl halides is 3. The minimum absolute atomic E-state index is 0.167. The van der Waals surface area contributed by atoms with Crippen molar-refractivity contribution >= 4 is 0 Å². The summed E-state index contributed by atoms with van der Waals surface area (Å²) >= 11 is 0. The number of rotatable bonds is 2. The predicted octanol–water partition coefficient (Wildman–Crippen LogP) is 3.19. The van der Waals surface area contributed by atoms with Crippen LogP contribution in [0.1, 0.15) is 24.0 Å². The van der Waals surface area contributed by atoms with Crippen molar-refractivity contribution in [3.05, 3.63) is 35.4 Å². The van der Waals surface area contributed by atoms with Crippen molar-refractivity contribution < 1.29 is 13.2 Å². The summed E-state index contributed by atoms with van der Waals surface area (Å²) in [6, 6.07) is 7.32. The van der Waals surface area contributed by atoms with Crippen LogP contribution in [-0.4, -0.2) is 17.5 Å². The molecule has 2 rings (SSSR count). The fraction of sp³-hybridized carbons (Fsp3) is 0.462. The molecule has 1 atom stereocenters. The first-order valence-electron chi connectivity index (χ1n) is 5.80. The fourth-order valence-corrected chi connectivity index (χ4v) is 2.24. The van der Waals surface area contributed by atoms with Gasteiger partial charge in [-0.2, -0.15) is 18.4 Å². The van der Waals surface area contributed by atoms with Crippen LogP contribution in [0.5, 0.6) is 0 Å². The number of benzene rings is 1. The van der Waals surface area contributed by atoms with Crippen LogP contribution in [0.15, 0.2) is 24.3 Å². The van der Waals surface area contributed by atoms with E-state index in [2.05, 4.69) is 6.07 Å². The van der Waals surface area contributed by atoms with E-state index in [1.54, 1.807) is 6.07 Å². The molecule has 0 N–H and O–H groups in total. The molecule has 0 aromatic heterocycles. The second kappa shape index (κ2) is 4.99. The average molecular weight is 254 g/mol. The van der Waals surface area contributed by atoms with Gasteiger partial charge in [-0.05, 0) is 31.0 Å². The minimum Gasteiger partial charge on any atom is -0.284 e. The van der Waals surface area contributed by atoms with Gasteiger partial charge in [0, 0.05) is 6.54 Å². The number of hydrogen-bond acceptors (Lipinski definition) is 2. The number of nitrogens with zero attached hydrogens (tertiary/aromatic N) is 2. The zero-order chi connectivity index (χ0) is 13.2. The smallest absolute Gasteiger partial charge is 0.284 e. The summed E-state index contributed by atoms with van der Waals surface area (Å²) in [6.45, 7) is 1.18. The second-order valence-corrected chi connectivity index (χ2v) is 4.46. The molecule has 1 aliphatic rings. The van der Waals surface area contributed by atoms with Crippen LogP contribution in [0.4, 0.5) is 13.2 Å². The van der Waals surface area contributed by atoms with E-state index in [0.717, 1.165) is 31.5 Å². The summed E-state index contributed by atoms with van der Waals surface area (Å²) in [4.78, 5) is 1.93. The molecule has 1 aliphatic heterocycles. The number of halogens is 3. The molecule has 0 saturated carbocycles.